The highest BCUT2D eigenvalue weighted by atomic mass is 19.3. The Kier molecular flexibility index (Phi) is 6.46. The molecule has 0 radical (unpaired) electrons. The number of hydrogen-bond acceptors (Lipinski definition) is 8. The van der Waals surface area contributed by atoms with E-state index in [9.17, 15) is 9.59 Å². The molecule has 0 aliphatic carbocycles. The van der Waals surface area contributed by atoms with Gasteiger partial charge in [0.25, 0.3) is 0 Å². The molecule has 2 heterocycles. The van der Waals surface area contributed by atoms with Crippen molar-refractivity contribution in [1.82, 2.24) is 4.90 Å². The van der Waals surface area contributed by atoms with E-state index in [-0.39, 0.29) is 18.1 Å². The Balaban J connectivity index is 2.45. The van der Waals surface area contributed by atoms with Crippen LogP contribution in [0.15, 0.2) is 42.3 Å². The molecule has 2 N–H and O–H groups in total. The van der Waals surface area contributed by atoms with Gasteiger partial charge in [-0.2, -0.15) is 8.78 Å². The molecule has 2 aliphatic heterocycles. The Morgan fingerprint density at radius 2 is 2.14 bits per heavy atom. The van der Waals surface area contributed by atoms with Gasteiger partial charge in [0.05, 0.1) is 5.92 Å². The molecule has 29 heavy (non-hydrogen) atoms. The average Bonchev–Trinajstić information content (AvgIpc) is 2.87. The first kappa shape index (κ1) is 22.5. The van der Waals surface area contributed by atoms with Crippen LogP contribution >= 0.6 is 0 Å². The maximum absolute atomic E-state index is 15.5. The molecule has 0 unspecified atom stereocenters. The summed E-state index contributed by atoms with van der Waals surface area (Å²) in [7, 11) is 0. The van der Waals surface area contributed by atoms with E-state index in [0.29, 0.717) is 0 Å². The second-order valence-electron chi connectivity index (χ2n) is 6.97. The molecule has 3 atom stereocenters. The minimum atomic E-state index is -3.73. The summed E-state index contributed by atoms with van der Waals surface area (Å²) < 4.78 is 46.7. The maximum Gasteiger partial charge on any atom is 0.331 e. The lowest BCUT2D eigenvalue weighted by Crippen LogP contribution is -2.52. The fraction of sp³-hybridized carbons (Fsp3) is 0.526. The molecule has 0 amide bonds. The van der Waals surface area contributed by atoms with E-state index in [2.05, 4.69) is 18.2 Å². The smallest absolute Gasteiger partial charge is 0.331 e. The van der Waals surface area contributed by atoms with Crippen molar-refractivity contribution >= 4 is 17.8 Å². The van der Waals surface area contributed by atoms with Crippen LogP contribution in [0.4, 0.5) is 8.78 Å². The molecule has 8 nitrogen and oxygen atoms in total. The van der Waals surface area contributed by atoms with E-state index < -0.39 is 48.3 Å². The average molecular weight is 413 g/mol. The Morgan fingerprint density at radius 3 is 2.66 bits per heavy atom. The minimum Gasteiger partial charge on any atom is -0.462 e. The first-order chi connectivity index (χ1) is 13.5. The third-order valence-corrected chi connectivity index (χ3v) is 4.47. The number of carbonyl (C=O) groups excluding carboxylic acids is 2. The fourth-order valence-electron chi connectivity index (χ4n) is 2.80. The molecule has 160 valence electrons. The van der Waals surface area contributed by atoms with E-state index in [1.165, 1.54) is 26.1 Å². The number of carbonyl (C=O) groups is 2. The van der Waals surface area contributed by atoms with Crippen LogP contribution in [0, 0.1) is 5.92 Å². The van der Waals surface area contributed by atoms with Crippen molar-refractivity contribution in [3.63, 3.8) is 0 Å². The van der Waals surface area contributed by atoms with Crippen LogP contribution in [0.25, 0.3) is 0 Å². The maximum atomic E-state index is 15.5. The molecule has 0 saturated carbocycles. The number of ether oxygens (including phenoxy) is 3. The van der Waals surface area contributed by atoms with Gasteiger partial charge in [-0.25, -0.2) is 4.99 Å². The van der Waals surface area contributed by atoms with Crippen molar-refractivity contribution in [2.24, 2.45) is 16.6 Å². The Bertz CT molecular complexity index is 765. The summed E-state index contributed by atoms with van der Waals surface area (Å²) >= 11 is 0. The summed E-state index contributed by atoms with van der Waals surface area (Å²) in [6, 6.07) is 0. The Morgan fingerprint density at radius 1 is 1.48 bits per heavy atom. The lowest BCUT2D eigenvalue weighted by molar-refractivity contribution is -0.183. The van der Waals surface area contributed by atoms with Gasteiger partial charge >= 0.3 is 17.9 Å². The summed E-state index contributed by atoms with van der Waals surface area (Å²) in [6.07, 6.45) is -0.428. The number of hydrogen-bond donors (Lipinski definition) is 1. The van der Waals surface area contributed by atoms with Crippen molar-refractivity contribution in [2.75, 3.05) is 6.61 Å². The number of alkyl halides is 2. The van der Waals surface area contributed by atoms with Gasteiger partial charge in [-0.15, -0.1) is 0 Å². The highest BCUT2D eigenvalue weighted by Gasteiger charge is 2.70. The molecular weight excluding hydrogens is 388 g/mol. The number of nitrogens with two attached hydrogens (primary N) is 1. The van der Waals surface area contributed by atoms with Crippen molar-refractivity contribution in [3.8, 4) is 0 Å². The zero-order valence-corrected chi connectivity index (χ0v) is 16.6. The highest BCUT2D eigenvalue weighted by molar-refractivity contribution is 5.92. The number of nitrogens with zero attached hydrogens (tertiary/aromatic N) is 2. The van der Waals surface area contributed by atoms with Crippen molar-refractivity contribution < 1.29 is 32.6 Å². The fourth-order valence-corrected chi connectivity index (χ4v) is 2.80. The lowest BCUT2D eigenvalue weighted by Gasteiger charge is -2.32. The molecule has 2 aliphatic rings. The standard InChI is InChI=1S/C19H25F2N3O5/c1-6-14(25)27-10-18(7-2)16(28-15(26)11(3)4)19(20,21)17(29-18)24-9-8-13(22)23-12(24)5/h7-9,11,16-17H,2,5-6,10H2,1,3-4H3,(H2,22,23)/t16-,17-,18-/m1/s1. The molecule has 0 bridgehead atoms. The topological polar surface area (TPSA) is 103 Å². The summed E-state index contributed by atoms with van der Waals surface area (Å²) in [5, 5.41) is 0. The van der Waals surface area contributed by atoms with Gasteiger partial charge in [0.15, 0.2) is 5.60 Å². The molecule has 10 heteroatoms. The summed E-state index contributed by atoms with van der Waals surface area (Å²) in [4.78, 5) is 28.6. The third-order valence-electron chi connectivity index (χ3n) is 4.47. The molecule has 0 aromatic heterocycles. The van der Waals surface area contributed by atoms with Crippen LogP contribution in [-0.2, 0) is 23.8 Å². The normalized spacial score (nSPS) is 28.3. The second-order valence-corrected chi connectivity index (χ2v) is 6.97. The zero-order chi connectivity index (χ0) is 22.0. The SMILES string of the molecule is C=C[C@]1(COC(=O)CC)O[C@@H](N2C=CC(N)=NC2=C)C(F)(F)[C@@H]1OC(=O)C(C)C. The Hall–Kier alpha value is -2.75. The minimum absolute atomic E-state index is 0.0309. The van der Waals surface area contributed by atoms with E-state index in [1.54, 1.807) is 6.92 Å². The van der Waals surface area contributed by atoms with E-state index in [1.807, 2.05) is 0 Å². The second kappa shape index (κ2) is 8.32. The van der Waals surface area contributed by atoms with Gasteiger partial charge in [0.1, 0.15) is 18.3 Å². The number of esters is 2. The zero-order valence-electron chi connectivity index (χ0n) is 16.6. The van der Waals surface area contributed by atoms with Gasteiger partial charge in [-0.3, -0.25) is 9.59 Å². The number of rotatable bonds is 7. The van der Waals surface area contributed by atoms with Crippen molar-refractivity contribution in [2.45, 2.75) is 51.0 Å². The van der Waals surface area contributed by atoms with E-state index >= 15 is 8.78 Å². The van der Waals surface area contributed by atoms with Crippen molar-refractivity contribution in [1.29, 1.82) is 0 Å². The molecular formula is C19H25F2N3O5. The van der Waals surface area contributed by atoms with E-state index in [0.717, 1.165) is 11.0 Å². The van der Waals surface area contributed by atoms with Crippen LogP contribution in [0.1, 0.15) is 27.2 Å². The van der Waals surface area contributed by atoms with Crippen LogP contribution in [0.3, 0.4) is 0 Å². The van der Waals surface area contributed by atoms with Crippen LogP contribution in [0.5, 0.6) is 0 Å². The third kappa shape index (κ3) is 4.31. The predicted octanol–water partition coefficient (Wildman–Crippen LogP) is 2.08. The van der Waals surface area contributed by atoms with Gasteiger partial charge in [-0.05, 0) is 6.08 Å². The highest BCUT2D eigenvalue weighted by Crippen LogP contribution is 2.48. The van der Waals surface area contributed by atoms with Crippen molar-refractivity contribution in [3.05, 3.63) is 37.3 Å². The molecule has 1 fully saturated rings. The molecule has 0 spiro atoms. The van der Waals surface area contributed by atoms with Crippen LogP contribution in [0.2, 0.25) is 0 Å². The number of aliphatic imine (C=N–C) groups is 1. The number of amidine groups is 1. The summed E-state index contributed by atoms with van der Waals surface area (Å²) in [5.41, 5.74) is 3.58. The van der Waals surface area contributed by atoms with Crippen LogP contribution in [-0.4, -0.2) is 53.1 Å². The molecule has 2 rings (SSSR count). The summed E-state index contributed by atoms with van der Waals surface area (Å²) in [6.45, 7) is 11.1. The first-order valence-corrected chi connectivity index (χ1v) is 9.03. The monoisotopic (exact) mass is 413 g/mol. The Labute approximate surface area is 167 Å². The van der Waals surface area contributed by atoms with Gasteiger partial charge < -0.3 is 24.8 Å². The molecule has 1 saturated heterocycles. The van der Waals surface area contributed by atoms with Crippen LogP contribution < -0.4 is 5.73 Å². The molecule has 0 aromatic carbocycles. The first-order valence-electron chi connectivity index (χ1n) is 9.03. The lowest BCUT2D eigenvalue weighted by atomic mass is 9.94. The molecule has 0 aromatic rings. The van der Waals surface area contributed by atoms with Gasteiger partial charge in [0, 0.05) is 12.6 Å². The largest absolute Gasteiger partial charge is 0.462 e. The van der Waals surface area contributed by atoms with Gasteiger partial charge in [0.2, 0.25) is 12.3 Å². The number of halogens is 2. The predicted molar refractivity (Wildman–Crippen MR) is 100 cm³/mol. The van der Waals surface area contributed by atoms with E-state index in [4.69, 9.17) is 19.9 Å². The van der Waals surface area contributed by atoms with Gasteiger partial charge in [-0.1, -0.05) is 40.0 Å². The summed E-state index contributed by atoms with van der Waals surface area (Å²) in [5.74, 6) is -5.89. The quantitative estimate of drug-likeness (QED) is 0.503.